The van der Waals surface area contributed by atoms with E-state index in [4.69, 9.17) is 15.2 Å². The van der Waals surface area contributed by atoms with Crippen LogP contribution >= 0.6 is 0 Å². The minimum atomic E-state index is -0.0513. The maximum absolute atomic E-state index is 12.6. The Bertz CT molecular complexity index is 542. The molecule has 108 valence electrons. The third-order valence-electron chi connectivity index (χ3n) is 4.22. The molecule has 5 nitrogen and oxygen atoms in total. The van der Waals surface area contributed by atoms with Gasteiger partial charge < -0.3 is 20.1 Å². The lowest BCUT2D eigenvalue weighted by molar-refractivity contribution is 0.0532. The lowest BCUT2D eigenvalue weighted by Crippen LogP contribution is -2.53. The minimum Gasteiger partial charge on any atom is -0.454 e. The molecule has 3 rings (SSSR count). The number of nitrogens with zero attached hydrogens (tertiary/aromatic N) is 1. The molecule has 2 aliphatic rings. The van der Waals surface area contributed by atoms with Gasteiger partial charge in [-0.05, 0) is 30.0 Å². The number of benzene rings is 1. The van der Waals surface area contributed by atoms with Crippen LogP contribution in [0.5, 0.6) is 11.5 Å². The second-order valence-electron chi connectivity index (χ2n) is 6.18. The van der Waals surface area contributed by atoms with Crippen LogP contribution in [0.2, 0.25) is 0 Å². The monoisotopic (exact) mass is 276 g/mol. The number of nitrogens with two attached hydrogens (primary N) is 1. The van der Waals surface area contributed by atoms with Crippen LogP contribution in [0.3, 0.4) is 0 Å². The van der Waals surface area contributed by atoms with Gasteiger partial charge in [-0.15, -0.1) is 0 Å². The van der Waals surface area contributed by atoms with Crippen LogP contribution in [0, 0.1) is 5.41 Å². The average Bonchev–Trinajstić information content (AvgIpc) is 2.88. The zero-order valence-electron chi connectivity index (χ0n) is 11.9. The average molecular weight is 276 g/mol. The van der Waals surface area contributed by atoms with Gasteiger partial charge in [-0.2, -0.15) is 0 Å². The van der Waals surface area contributed by atoms with Crippen molar-refractivity contribution in [2.45, 2.75) is 26.3 Å². The first-order valence-corrected chi connectivity index (χ1v) is 6.92. The Morgan fingerprint density at radius 1 is 1.35 bits per heavy atom. The Balaban J connectivity index is 1.79. The Morgan fingerprint density at radius 3 is 2.85 bits per heavy atom. The Morgan fingerprint density at radius 2 is 2.10 bits per heavy atom. The summed E-state index contributed by atoms with van der Waals surface area (Å²) in [5, 5.41) is 0. The van der Waals surface area contributed by atoms with E-state index in [0.717, 1.165) is 6.42 Å². The first-order valence-electron chi connectivity index (χ1n) is 6.92. The van der Waals surface area contributed by atoms with Crippen LogP contribution in [0.4, 0.5) is 0 Å². The highest BCUT2D eigenvalue weighted by Gasteiger charge is 2.35. The molecule has 2 heterocycles. The van der Waals surface area contributed by atoms with Crippen molar-refractivity contribution < 1.29 is 14.3 Å². The summed E-state index contributed by atoms with van der Waals surface area (Å²) in [5.74, 6) is 1.37. The van der Waals surface area contributed by atoms with E-state index in [-0.39, 0.29) is 24.2 Å². The second-order valence-corrected chi connectivity index (χ2v) is 6.18. The van der Waals surface area contributed by atoms with Crippen molar-refractivity contribution in [2.24, 2.45) is 11.1 Å². The molecule has 0 saturated carbocycles. The number of fused-ring (bicyclic) bond motifs is 1. The molecule has 20 heavy (non-hydrogen) atoms. The molecule has 1 amide bonds. The van der Waals surface area contributed by atoms with Crippen molar-refractivity contribution in [1.29, 1.82) is 0 Å². The number of hydrogen-bond donors (Lipinski definition) is 1. The van der Waals surface area contributed by atoms with Crippen LogP contribution in [0.25, 0.3) is 0 Å². The quantitative estimate of drug-likeness (QED) is 0.846. The van der Waals surface area contributed by atoms with Gasteiger partial charge in [0, 0.05) is 24.7 Å². The van der Waals surface area contributed by atoms with Crippen LogP contribution in [-0.2, 0) is 0 Å². The van der Waals surface area contributed by atoms with Gasteiger partial charge >= 0.3 is 0 Å². The first-order chi connectivity index (χ1) is 9.47. The zero-order valence-corrected chi connectivity index (χ0v) is 11.9. The Hall–Kier alpha value is -1.75. The van der Waals surface area contributed by atoms with E-state index in [9.17, 15) is 4.79 Å². The summed E-state index contributed by atoms with van der Waals surface area (Å²) in [4.78, 5) is 14.5. The van der Waals surface area contributed by atoms with Crippen molar-refractivity contribution in [3.05, 3.63) is 23.8 Å². The normalized spacial score (nSPS) is 23.8. The summed E-state index contributed by atoms with van der Waals surface area (Å²) in [7, 11) is 0. The molecule has 0 aromatic heterocycles. The molecule has 1 saturated heterocycles. The molecule has 1 atom stereocenters. The Labute approximate surface area is 118 Å². The zero-order chi connectivity index (χ0) is 14.3. The van der Waals surface area contributed by atoms with Gasteiger partial charge in [0.15, 0.2) is 11.5 Å². The number of carbonyl (C=O) groups excluding carboxylic acids is 1. The van der Waals surface area contributed by atoms with Crippen LogP contribution in [0.1, 0.15) is 30.6 Å². The third-order valence-corrected chi connectivity index (χ3v) is 4.22. The molecular formula is C15H20N2O3. The third kappa shape index (κ3) is 2.22. The van der Waals surface area contributed by atoms with E-state index in [1.165, 1.54) is 0 Å². The highest BCUT2D eigenvalue weighted by molar-refractivity contribution is 5.95. The number of likely N-dealkylation sites (tertiary alicyclic amines) is 1. The second kappa shape index (κ2) is 4.66. The maximum Gasteiger partial charge on any atom is 0.254 e. The summed E-state index contributed by atoms with van der Waals surface area (Å²) >= 11 is 0. The van der Waals surface area contributed by atoms with Gasteiger partial charge in [0.05, 0.1) is 0 Å². The number of ether oxygens (including phenoxy) is 2. The maximum atomic E-state index is 12.6. The van der Waals surface area contributed by atoms with Crippen molar-refractivity contribution in [3.8, 4) is 11.5 Å². The fraction of sp³-hybridized carbons (Fsp3) is 0.533. The largest absolute Gasteiger partial charge is 0.454 e. The molecule has 0 aliphatic carbocycles. The van der Waals surface area contributed by atoms with Gasteiger partial charge in [-0.1, -0.05) is 13.8 Å². The van der Waals surface area contributed by atoms with Crippen molar-refractivity contribution in [3.63, 3.8) is 0 Å². The van der Waals surface area contributed by atoms with Crippen molar-refractivity contribution in [2.75, 3.05) is 19.9 Å². The fourth-order valence-corrected chi connectivity index (χ4v) is 2.76. The first kappa shape index (κ1) is 13.2. The highest BCUT2D eigenvalue weighted by atomic mass is 16.7. The molecule has 0 spiro atoms. The van der Waals surface area contributed by atoms with Crippen molar-refractivity contribution >= 4 is 5.91 Å². The molecule has 0 radical (unpaired) electrons. The summed E-state index contributed by atoms with van der Waals surface area (Å²) < 4.78 is 10.6. The van der Waals surface area contributed by atoms with Gasteiger partial charge in [0.2, 0.25) is 6.79 Å². The fourth-order valence-electron chi connectivity index (χ4n) is 2.76. The minimum absolute atomic E-state index is 0.0308. The molecule has 1 unspecified atom stereocenters. The van der Waals surface area contributed by atoms with Crippen molar-refractivity contribution in [1.82, 2.24) is 4.90 Å². The molecule has 2 N–H and O–H groups in total. The van der Waals surface area contributed by atoms with E-state index < -0.39 is 0 Å². The van der Waals surface area contributed by atoms with Crippen LogP contribution in [-0.4, -0.2) is 36.7 Å². The smallest absolute Gasteiger partial charge is 0.254 e. The molecular weight excluding hydrogens is 256 g/mol. The number of hydrogen-bond acceptors (Lipinski definition) is 4. The van der Waals surface area contributed by atoms with Gasteiger partial charge in [-0.25, -0.2) is 0 Å². The van der Waals surface area contributed by atoms with Crippen LogP contribution < -0.4 is 15.2 Å². The summed E-state index contributed by atoms with van der Waals surface area (Å²) in [6.07, 6.45) is 0.837. The molecule has 1 aromatic carbocycles. The molecule has 0 bridgehead atoms. The van der Waals surface area contributed by atoms with Gasteiger partial charge in [0.1, 0.15) is 0 Å². The summed E-state index contributed by atoms with van der Waals surface area (Å²) in [5.41, 5.74) is 6.70. The lowest BCUT2D eigenvalue weighted by Gasteiger charge is -2.42. The molecule has 5 heteroatoms. The summed E-state index contributed by atoms with van der Waals surface area (Å²) in [6, 6.07) is 5.48. The topological polar surface area (TPSA) is 64.8 Å². The molecule has 1 aromatic rings. The standard InChI is InChI=1S/C15H20N2O3/c1-15(2)8-17(6-5-13(15)16)14(18)10-3-4-11-12(7-10)20-9-19-11/h3-4,7,13H,5-6,8-9,16H2,1-2H3. The summed E-state index contributed by atoms with van der Waals surface area (Å²) in [6.45, 7) is 5.82. The predicted octanol–water partition coefficient (Wildman–Crippen LogP) is 1.61. The van der Waals surface area contributed by atoms with Gasteiger partial charge in [0.25, 0.3) is 5.91 Å². The Kier molecular flexibility index (Phi) is 3.09. The predicted molar refractivity (Wildman–Crippen MR) is 74.8 cm³/mol. The lowest BCUT2D eigenvalue weighted by atomic mass is 9.79. The molecule has 1 fully saturated rings. The van der Waals surface area contributed by atoms with E-state index in [2.05, 4.69) is 13.8 Å². The van der Waals surface area contributed by atoms with E-state index in [1.54, 1.807) is 18.2 Å². The number of carbonyl (C=O) groups is 1. The number of rotatable bonds is 1. The SMILES string of the molecule is CC1(C)CN(C(=O)c2ccc3c(c2)OCO3)CCC1N. The van der Waals surface area contributed by atoms with Crippen LogP contribution in [0.15, 0.2) is 18.2 Å². The molecule has 2 aliphatic heterocycles. The number of piperidine rings is 1. The van der Waals surface area contributed by atoms with E-state index in [0.29, 0.717) is 30.2 Å². The number of amides is 1. The van der Waals surface area contributed by atoms with E-state index in [1.807, 2.05) is 4.90 Å². The highest BCUT2D eigenvalue weighted by Crippen LogP contribution is 2.34. The van der Waals surface area contributed by atoms with Gasteiger partial charge in [-0.3, -0.25) is 4.79 Å². The van der Waals surface area contributed by atoms with E-state index >= 15 is 0 Å².